The first-order chi connectivity index (χ1) is 12.5. The van der Waals surface area contributed by atoms with Crippen LogP contribution in [-0.2, 0) is 19.4 Å². The number of nitrogens with zero attached hydrogens (tertiary/aromatic N) is 3. The minimum absolute atomic E-state index is 0.149. The van der Waals surface area contributed by atoms with Crippen LogP contribution >= 0.6 is 11.3 Å². The fourth-order valence-electron chi connectivity index (χ4n) is 3.33. The number of hydrogen-bond acceptors (Lipinski definition) is 6. The number of carbonyl (C=O) groups excluding carboxylic acids is 1. The number of aryl methyl sites for hydroxylation is 2. The van der Waals surface area contributed by atoms with Crippen molar-refractivity contribution in [3.63, 3.8) is 0 Å². The maximum absolute atomic E-state index is 12.9. The molecular weight excluding hydrogens is 354 g/mol. The normalized spacial score (nSPS) is 13.5. The molecule has 1 aromatic carbocycles. The molecule has 0 amide bonds. The Bertz CT molecular complexity index is 1100. The number of fused-ring (bicyclic) bond motifs is 3. The summed E-state index contributed by atoms with van der Waals surface area (Å²) in [4.78, 5) is 42.0. The summed E-state index contributed by atoms with van der Waals surface area (Å²) >= 11 is 1.56. The zero-order valence-corrected chi connectivity index (χ0v) is 14.6. The van der Waals surface area contributed by atoms with Crippen LogP contribution in [0, 0.1) is 10.1 Å². The van der Waals surface area contributed by atoms with Gasteiger partial charge in [0.1, 0.15) is 4.83 Å². The number of carbonyl (C=O) groups is 1. The third-order valence-electron chi connectivity index (χ3n) is 4.63. The molecule has 4 rings (SSSR count). The molecule has 2 aromatic heterocycles. The summed E-state index contributed by atoms with van der Waals surface area (Å²) in [7, 11) is 0. The maximum Gasteiger partial charge on any atom is 0.270 e. The van der Waals surface area contributed by atoms with Crippen molar-refractivity contribution in [2.24, 2.45) is 0 Å². The Kier molecular flexibility index (Phi) is 4.12. The topological polar surface area (TPSA) is 95.1 Å². The van der Waals surface area contributed by atoms with Gasteiger partial charge in [-0.1, -0.05) is 12.1 Å². The molecule has 1 aliphatic rings. The number of rotatable bonds is 4. The number of aromatic nitrogens is 2. The molecule has 0 fully saturated rings. The lowest BCUT2D eigenvalue weighted by Crippen LogP contribution is -2.25. The van der Waals surface area contributed by atoms with E-state index in [9.17, 15) is 19.7 Å². The fourth-order valence-corrected chi connectivity index (χ4v) is 4.55. The Morgan fingerprint density at radius 2 is 2.12 bits per heavy atom. The largest absolute Gasteiger partial charge is 0.292 e. The average molecular weight is 369 g/mol. The van der Waals surface area contributed by atoms with Gasteiger partial charge in [0.15, 0.2) is 5.78 Å². The van der Waals surface area contributed by atoms with Gasteiger partial charge in [0.25, 0.3) is 11.2 Å². The van der Waals surface area contributed by atoms with Gasteiger partial charge in [0.05, 0.1) is 23.2 Å². The fraction of sp³-hybridized carbons (Fsp3) is 0.278. The summed E-state index contributed by atoms with van der Waals surface area (Å²) in [5.41, 5.74) is 0.918. The zero-order chi connectivity index (χ0) is 18.3. The van der Waals surface area contributed by atoms with Crippen LogP contribution in [0.25, 0.3) is 10.2 Å². The van der Waals surface area contributed by atoms with Gasteiger partial charge < -0.3 is 0 Å². The Morgan fingerprint density at radius 3 is 2.92 bits per heavy atom. The van der Waals surface area contributed by atoms with Crippen LogP contribution < -0.4 is 5.56 Å². The van der Waals surface area contributed by atoms with Crippen LogP contribution in [-0.4, -0.2) is 20.3 Å². The number of Topliss-reactive ketones (excluding diaryl/α,β-unsaturated/α-hetero) is 1. The highest BCUT2D eigenvalue weighted by molar-refractivity contribution is 7.18. The monoisotopic (exact) mass is 369 g/mol. The first kappa shape index (κ1) is 16.6. The van der Waals surface area contributed by atoms with Crippen LogP contribution in [0.5, 0.6) is 0 Å². The highest BCUT2D eigenvalue weighted by atomic mass is 32.1. The van der Waals surface area contributed by atoms with E-state index < -0.39 is 4.92 Å². The molecule has 0 saturated carbocycles. The van der Waals surface area contributed by atoms with Gasteiger partial charge in [-0.15, -0.1) is 11.3 Å². The third kappa shape index (κ3) is 2.82. The quantitative estimate of drug-likeness (QED) is 0.400. The van der Waals surface area contributed by atoms with Crippen molar-refractivity contribution < 1.29 is 9.72 Å². The van der Waals surface area contributed by atoms with Gasteiger partial charge in [-0.3, -0.25) is 24.3 Å². The van der Waals surface area contributed by atoms with Gasteiger partial charge >= 0.3 is 0 Å². The van der Waals surface area contributed by atoms with Crippen molar-refractivity contribution in [3.05, 3.63) is 67.1 Å². The highest BCUT2D eigenvalue weighted by Crippen LogP contribution is 2.33. The Labute approximate surface area is 152 Å². The molecule has 3 aromatic rings. The molecular formula is C18H15N3O4S. The molecule has 0 N–H and O–H groups in total. The van der Waals surface area contributed by atoms with Gasteiger partial charge in [-0.25, -0.2) is 4.98 Å². The second kappa shape index (κ2) is 6.45. The second-order valence-corrected chi connectivity index (χ2v) is 7.38. The van der Waals surface area contributed by atoms with Crippen LogP contribution in [0.3, 0.4) is 0 Å². The summed E-state index contributed by atoms with van der Waals surface area (Å²) in [5.74, 6) is -0.360. The van der Waals surface area contributed by atoms with Crippen LogP contribution in [0.1, 0.15) is 33.6 Å². The number of non-ortho nitro benzene ring substituents is 1. The summed E-state index contributed by atoms with van der Waals surface area (Å²) in [6.45, 7) is -0.187. The van der Waals surface area contributed by atoms with Crippen molar-refractivity contribution in [2.45, 2.75) is 32.2 Å². The van der Waals surface area contributed by atoms with E-state index in [0.29, 0.717) is 5.39 Å². The van der Waals surface area contributed by atoms with E-state index in [1.54, 1.807) is 11.3 Å². The van der Waals surface area contributed by atoms with E-state index >= 15 is 0 Å². The molecule has 0 unspecified atom stereocenters. The van der Waals surface area contributed by atoms with E-state index in [1.165, 1.54) is 40.0 Å². The van der Waals surface area contributed by atoms with Crippen LogP contribution in [0.2, 0.25) is 0 Å². The lowest BCUT2D eigenvalue weighted by atomic mass is 9.97. The van der Waals surface area contributed by atoms with E-state index in [0.717, 1.165) is 36.1 Å². The molecule has 7 nitrogen and oxygen atoms in total. The van der Waals surface area contributed by atoms with E-state index in [1.807, 2.05) is 0 Å². The molecule has 1 aliphatic carbocycles. The Hall–Kier alpha value is -2.87. The second-order valence-electron chi connectivity index (χ2n) is 6.30. The molecule has 132 valence electrons. The van der Waals surface area contributed by atoms with Gasteiger partial charge in [0.2, 0.25) is 0 Å². The molecule has 0 aliphatic heterocycles. The lowest BCUT2D eigenvalue weighted by molar-refractivity contribution is -0.384. The number of nitro groups is 1. The summed E-state index contributed by atoms with van der Waals surface area (Å²) in [5, 5.41) is 11.5. The molecule has 0 atom stereocenters. The SMILES string of the molecule is O=C(Cn1cnc2sc3c(c2c1=O)CCCC3)c1cccc([N+](=O)[O-])c1. The molecule has 0 saturated heterocycles. The minimum Gasteiger partial charge on any atom is -0.292 e. The number of ketones is 1. The highest BCUT2D eigenvalue weighted by Gasteiger charge is 2.21. The third-order valence-corrected chi connectivity index (χ3v) is 5.83. The van der Waals surface area contributed by atoms with Gasteiger partial charge in [0, 0.05) is 22.6 Å². The summed E-state index contributed by atoms with van der Waals surface area (Å²) < 4.78 is 1.30. The Morgan fingerprint density at radius 1 is 1.31 bits per heavy atom. The molecule has 0 radical (unpaired) electrons. The minimum atomic E-state index is -0.547. The zero-order valence-electron chi connectivity index (χ0n) is 13.8. The molecule has 2 heterocycles. The predicted molar refractivity (Wildman–Crippen MR) is 97.9 cm³/mol. The molecule has 26 heavy (non-hydrogen) atoms. The van der Waals surface area contributed by atoms with E-state index in [4.69, 9.17) is 0 Å². The number of benzene rings is 1. The number of nitro benzene ring substituents is 1. The van der Waals surface area contributed by atoms with Crippen molar-refractivity contribution in [1.29, 1.82) is 0 Å². The van der Waals surface area contributed by atoms with Gasteiger partial charge in [-0.2, -0.15) is 0 Å². The van der Waals surface area contributed by atoms with Crippen molar-refractivity contribution in [2.75, 3.05) is 0 Å². The van der Waals surface area contributed by atoms with Gasteiger partial charge in [-0.05, 0) is 31.2 Å². The average Bonchev–Trinajstić information content (AvgIpc) is 3.03. The first-order valence-electron chi connectivity index (χ1n) is 8.32. The smallest absolute Gasteiger partial charge is 0.270 e. The standard InChI is InChI=1S/C18H15N3O4S/c22-14(11-4-3-5-12(8-11)21(24)25)9-20-10-19-17-16(18(20)23)13-6-1-2-7-15(13)26-17/h3-5,8,10H,1-2,6-7,9H2. The molecule has 8 heteroatoms. The number of thiophene rings is 1. The summed E-state index contributed by atoms with van der Waals surface area (Å²) in [6.07, 6.45) is 5.42. The lowest BCUT2D eigenvalue weighted by Gasteiger charge is -2.10. The predicted octanol–water partition coefficient (Wildman–Crippen LogP) is 3.13. The first-order valence-corrected chi connectivity index (χ1v) is 9.13. The number of hydrogen-bond donors (Lipinski definition) is 0. The van der Waals surface area contributed by atoms with Crippen molar-refractivity contribution >= 4 is 33.0 Å². The molecule has 0 bridgehead atoms. The maximum atomic E-state index is 12.9. The van der Waals surface area contributed by atoms with E-state index in [-0.39, 0.29) is 29.1 Å². The van der Waals surface area contributed by atoms with Crippen molar-refractivity contribution in [3.8, 4) is 0 Å². The molecule has 0 spiro atoms. The van der Waals surface area contributed by atoms with Crippen molar-refractivity contribution in [1.82, 2.24) is 9.55 Å². The van der Waals surface area contributed by atoms with Crippen LogP contribution in [0.4, 0.5) is 5.69 Å². The van der Waals surface area contributed by atoms with E-state index in [2.05, 4.69) is 4.98 Å². The van der Waals surface area contributed by atoms with Crippen LogP contribution in [0.15, 0.2) is 35.4 Å². The summed E-state index contributed by atoms with van der Waals surface area (Å²) in [6, 6.07) is 5.53. The Balaban J connectivity index is 1.70.